The van der Waals surface area contributed by atoms with Crippen LogP contribution in [-0.2, 0) is 22.4 Å². The van der Waals surface area contributed by atoms with E-state index in [-0.39, 0.29) is 35.6 Å². The number of thiophene rings is 1. The maximum Gasteiger partial charge on any atom is 0.341 e. The molecule has 1 atom stereocenters. The zero-order chi connectivity index (χ0) is 28.2. The van der Waals surface area contributed by atoms with Crippen molar-refractivity contribution < 1.29 is 19.1 Å². The lowest BCUT2D eigenvalue weighted by Gasteiger charge is -2.33. The number of hydrogen-bond acceptors (Lipinski definition) is 6. The molecule has 2 aromatic carbocycles. The molecule has 0 aliphatic heterocycles. The minimum atomic E-state index is -0.371. The number of amides is 2. The second-order valence-electron chi connectivity index (χ2n) is 10.9. The van der Waals surface area contributed by atoms with E-state index in [9.17, 15) is 14.4 Å². The standard InChI is InChI=1S/C31H36N2O4S2/c1-6-37-30(36)27-24-15-14-21(31(3,4)5)16-25(24)39-29(27)33-26(34)18-38-23-9-7-8-22(17-23)32-28(35)20-12-10-19(2)11-13-20/h7-13,17,21H,6,14-16,18H2,1-5H3,(H,32,35)(H,33,34). The molecule has 206 valence electrons. The number of esters is 1. The van der Waals surface area contributed by atoms with E-state index in [0.29, 0.717) is 27.7 Å². The number of nitrogens with one attached hydrogen (secondary N) is 2. The zero-order valence-electron chi connectivity index (χ0n) is 23.2. The minimum absolute atomic E-state index is 0.171. The summed E-state index contributed by atoms with van der Waals surface area (Å²) in [5, 5.41) is 6.49. The third kappa shape index (κ3) is 7.31. The van der Waals surface area contributed by atoms with Crippen molar-refractivity contribution in [3.8, 4) is 0 Å². The van der Waals surface area contributed by atoms with E-state index in [1.165, 1.54) is 28.0 Å². The van der Waals surface area contributed by atoms with Crippen molar-refractivity contribution in [2.75, 3.05) is 23.0 Å². The molecule has 0 saturated carbocycles. The number of carbonyl (C=O) groups excluding carboxylic acids is 3. The van der Waals surface area contributed by atoms with Gasteiger partial charge in [-0.2, -0.15) is 0 Å². The molecule has 8 heteroatoms. The Balaban J connectivity index is 1.42. The summed E-state index contributed by atoms with van der Waals surface area (Å²) in [6, 6.07) is 14.8. The molecule has 1 unspecified atom stereocenters. The van der Waals surface area contributed by atoms with Gasteiger partial charge in [0, 0.05) is 21.0 Å². The Morgan fingerprint density at radius 1 is 1.08 bits per heavy atom. The van der Waals surface area contributed by atoms with E-state index in [2.05, 4.69) is 31.4 Å². The van der Waals surface area contributed by atoms with Gasteiger partial charge in [-0.1, -0.05) is 44.5 Å². The summed E-state index contributed by atoms with van der Waals surface area (Å²) in [6.45, 7) is 10.8. The maximum atomic E-state index is 13.0. The van der Waals surface area contributed by atoms with Gasteiger partial charge in [0.2, 0.25) is 5.91 Å². The van der Waals surface area contributed by atoms with Crippen LogP contribution in [0.3, 0.4) is 0 Å². The fraction of sp³-hybridized carbons (Fsp3) is 0.387. The van der Waals surface area contributed by atoms with Crippen LogP contribution in [-0.4, -0.2) is 30.1 Å². The fourth-order valence-electron chi connectivity index (χ4n) is 4.72. The summed E-state index contributed by atoms with van der Waals surface area (Å²) < 4.78 is 5.36. The number of fused-ring (bicyclic) bond motifs is 1. The van der Waals surface area contributed by atoms with Crippen LogP contribution in [0.15, 0.2) is 53.4 Å². The van der Waals surface area contributed by atoms with Gasteiger partial charge in [-0.05, 0) is 80.3 Å². The largest absolute Gasteiger partial charge is 0.462 e. The molecule has 0 spiro atoms. The van der Waals surface area contributed by atoms with Crippen molar-refractivity contribution in [2.45, 2.75) is 58.8 Å². The highest BCUT2D eigenvalue weighted by atomic mass is 32.2. The van der Waals surface area contributed by atoms with E-state index >= 15 is 0 Å². The Labute approximate surface area is 238 Å². The first-order valence-corrected chi connectivity index (χ1v) is 15.1. The molecule has 1 heterocycles. The van der Waals surface area contributed by atoms with Crippen LogP contribution >= 0.6 is 23.1 Å². The first kappa shape index (κ1) is 28.9. The maximum absolute atomic E-state index is 13.0. The molecule has 0 saturated heterocycles. The Morgan fingerprint density at radius 3 is 2.51 bits per heavy atom. The van der Waals surface area contributed by atoms with E-state index < -0.39 is 0 Å². The molecule has 1 aliphatic rings. The molecule has 1 aromatic heterocycles. The van der Waals surface area contributed by atoms with Gasteiger partial charge in [0.15, 0.2) is 0 Å². The summed E-state index contributed by atoms with van der Waals surface area (Å²) in [5.74, 6) is -0.0479. The van der Waals surface area contributed by atoms with Gasteiger partial charge in [-0.25, -0.2) is 4.79 Å². The van der Waals surface area contributed by atoms with Gasteiger partial charge < -0.3 is 15.4 Å². The second kappa shape index (κ2) is 12.4. The lowest BCUT2D eigenvalue weighted by Crippen LogP contribution is -2.26. The summed E-state index contributed by atoms with van der Waals surface area (Å²) in [6.07, 6.45) is 2.73. The van der Waals surface area contributed by atoms with Crippen LogP contribution in [0, 0.1) is 18.3 Å². The number of carbonyl (C=O) groups is 3. The predicted molar refractivity (Wildman–Crippen MR) is 160 cm³/mol. The number of ether oxygens (including phenoxy) is 1. The number of thioether (sulfide) groups is 1. The van der Waals surface area contributed by atoms with Gasteiger partial charge in [-0.3, -0.25) is 9.59 Å². The first-order valence-electron chi connectivity index (χ1n) is 13.3. The van der Waals surface area contributed by atoms with Crippen molar-refractivity contribution in [3.63, 3.8) is 0 Å². The second-order valence-corrected chi connectivity index (χ2v) is 13.1. The monoisotopic (exact) mass is 564 g/mol. The summed E-state index contributed by atoms with van der Waals surface area (Å²) in [4.78, 5) is 40.5. The highest BCUT2D eigenvalue weighted by molar-refractivity contribution is 8.00. The number of rotatable bonds is 8. The predicted octanol–water partition coefficient (Wildman–Crippen LogP) is 7.37. The number of anilines is 2. The third-order valence-corrected chi connectivity index (χ3v) is 9.16. The molecule has 0 bridgehead atoms. The Morgan fingerprint density at radius 2 is 1.82 bits per heavy atom. The molecule has 3 aromatic rings. The molecule has 0 radical (unpaired) electrons. The highest BCUT2D eigenvalue weighted by Crippen LogP contribution is 2.44. The summed E-state index contributed by atoms with van der Waals surface area (Å²) in [7, 11) is 0. The van der Waals surface area contributed by atoms with Gasteiger partial charge in [0.25, 0.3) is 5.91 Å². The molecule has 1 aliphatic carbocycles. The van der Waals surface area contributed by atoms with Gasteiger partial charge >= 0.3 is 5.97 Å². The minimum Gasteiger partial charge on any atom is -0.462 e. The van der Waals surface area contributed by atoms with Crippen molar-refractivity contribution >= 4 is 51.6 Å². The summed E-state index contributed by atoms with van der Waals surface area (Å²) >= 11 is 2.88. The lowest BCUT2D eigenvalue weighted by molar-refractivity contribution is -0.113. The van der Waals surface area contributed by atoms with Crippen molar-refractivity contribution in [2.24, 2.45) is 11.3 Å². The van der Waals surface area contributed by atoms with Gasteiger partial charge in [0.1, 0.15) is 5.00 Å². The first-order chi connectivity index (χ1) is 18.5. The Bertz CT molecular complexity index is 1360. The van der Waals surface area contributed by atoms with Crippen molar-refractivity contribution in [1.29, 1.82) is 0 Å². The van der Waals surface area contributed by atoms with Gasteiger partial charge in [-0.15, -0.1) is 23.1 Å². The van der Waals surface area contributed by atoms with E-state index in [4.69, 9.17) is 4.74 Å². The highest BCUT2D eigenvalue weighted by Gasteiger charge is 2.34. The van der Waals surface area contributed by atoms with Crippen LogP contribution in [0.25, 0.3) is 0 Å². The molecule has 39 heavy (non-hydrogen) atoms. The van der Waals surface area contributed by atoms with E-state index in [1.54, 1.807) is 19.1 Å². The molecular formula is C31H36N2O4S2. The topological polar surface area (TPSA) is 84.5 Å². The fourth-order valence-corrected chi connectivity index (χ4v) is 6.80. The molecule has 4 rings (SSSR count). The average molecular weight is 565 g/mol. The number of aryl methyl sites for hydroxylation is 1. The zero-order valence-corrected chi connectivity index (χ0v) is 24.8. The summed E-state index contributed by atoms with van der Waals surface area (Å²) in [5.41, 5.74) is 4.06. The third-order valence-electron chi connectivity index (χ3n) is 7.00. The quantitative estimate of drug-likeness (QED) is 0.220. The lowest BCUT2D eigenvalue weighted by atomic mass is 9.72. The molecule has 0 fully saturated rings. The van der Waals surface area contributed by atoms with E-state index in [0.717, 1.165) is 35.3 Å². The van der Waals surface area contributed by atoms with Crippen LogP contribution in [0.4, 0.5) is 10.7 Å². The van der Waals surface area contributed by atoms with Crippen molar-refractivity contribution in [3.05, 3.63) is 75.7 Å². The molecule has 6 nitrogen and oxygen atoms in total. The Hall–Kier alpha value is -3.10. The molecular weight excluding hydrogens is 528 g/mol. The number of hydrogen-bond donors (Lipinski definition) is 2. The van der Waals surface area contributed by atoms with Crippen LogP contribution in [0.1, 0.15) is 70.8 Å². The van der Waals surface area contributed by atoms with E-state index in [1.807, 2.05) is 43.3 Å². The molecule has 2 N–H and O–H groups in total. The number of benzene rings is 2. The SMILES string of the molecule is CCOC(=O)c1c(NC(=O)CSc2cccc(NC(=O)c3ccc(C)cc3)c2)sc2c1CCC(C(C)(C)C)C2. The van der Waals surface area contributed by atoms with Crippen LogP contribution in [0.2, 0.25) is 0 Å². The average Bonchev–Trinajstić information content (AvgIpc) is 3.24. The Kier molecular flexibility index (Phi) is 9.18. The van der Waals surface area contributed by atoms with Gasteiger partial charge in [0.05, 0.1) is 17.9 Å². The van der Waals surface area contributed by atoms with Crippen molar-refractivity contribution in [1.82, 2.24) is 0 Å². The van der Waals surface area contributed by atoms with Crippen LogP contribution < -0.4 is 10.6 Å². The smallest absolute Gasteiger partial charge is 0.341 e. The van der Waals surface area contributed by atoms with Crippen LogP contribution in [0.5, 0.6) is 0 Å². The normalized spacial score (nSPS) is 14.8. The molecule has 2 amide bonds.